The van der Waals surface area contributed by atoms with Gasteiger partial charge in [0.15, 0.2) is 0 Å². The van der Waals surface area contributed by atoms with Crippen molar-refractivity contribution in [3.63, 3.8) is 0 Å². The molecule has 2 atom stereocenters. The van der Waals surface area contributed by atoms with Gasteiger partial charge in [0.2, 0.25) is 5.91 Å². The fraction of sp³-hybridized carbons (Fsp3) is 0.941. The Kier molecular flexibility index (Phi) is 5.11. The number of carbonyl (C=O) groups is 1. The summed E-state index contributed by atoms with van der Waals surface area (Å²) in [4.78, 5) is 14.9. The third-order valence-corrected chi connectivity index (χ3v) is 4.82. The Morgan fingerprint density at radius 2 is 1.95 bits per heavy atom. The van der Waals surface area contributed by atoms with E-state index in [0.717, 1.165) is 25.7 Å². The van der Waals surface area contributed by atoms with Crippen molar-refractivity contribution in [2.24, 2.45) is 5.92 Å². The third kappa shape index (κ3) is 3.36. The van der Waals surface area contributed by atoms with Gasteiger partial charge in [-0.2, -0.15) is 0 Å². The zero-order valence-electron chi connectivity index (χ0n) is 13.7. The van der Waals surface area contributed by atoms with E-state index in [4.69, 9.17) is 0 Å². The average Bonchev–Trinajstić information content (AvgIpc) is 3.09. The molecule has 0 aromatic carbocycles. The van der Waals surface area contributed by atoms with E-state index in [1.807, 2.05) is 0 Å². The quantitative estimate of drug-likeness (QED) is 0.688. The van der Waals surface area contributed by atoms with Crippen molar-refractivity contribution in [1.82, 2.24) is 10.2 Å². The van der Waals surface area contributed by atoms with Gasteiger partial charge in [0.1, 0.15) is 0 Å². The van der Waals surface area contributed by atoms with E-state index in [-0.39, 0.29) is 11.7 Å². The van der Waals surface area contributed by atoms with Crippen LogP contribution in [-0.2, 0) is 4.79 Å². The highest BCUT2D eigenvalue weighted by Crippen LogP contribution is 2.44. The summed E-state index contributed by atoms with van der Waals surface area (Å²) in [5.74, 6) is 1.01. The van der Waals surface area contributed by atoms with E-state index in [9.17, 15) is 4.79 Å². The number of hydrogen-bond donors (Lipinski definition) is 1. The van der Waals surface area contributed by atoms with Gasteiger partial charge in [0.25, 0.3) is 0 Å². The van der Waals surface area contributed by atoms with E-state index in [1.54, 1.807) is 0 Å². The first-order valence-electron chi connectivity index (χ1n) is 8.60. The summed E-state index contributed by atoms with van der Waals surface area (Å²) in [5, 5.41) is 3.63. The SMILES string of the molecule is CCCCCCC(C)N1C(=O)C2(CC2)NC1CC(C)C. The summed E-state index contributed by atoms with van der Waals surface area (Å²) in [7, 11) is 0. The Morgan fingerprint density at radius 3 is 2.50 bits per heavy atom. The Morgan fingerprint density at radius 1 is 1.25 bits per heavy atom. The molecule has 2 aliphatic rings. The maximum atomic E-state index is 12.7. The first kappa shape index (κ1) is 15.8. The average molecular weight is 280 g/mol. The monoisotopic (exact) mass is 280 g/mol. The van der Waals surface area contributed by atoms with Gasteiger partial charge in [-0.05, 0) is 38.5 Å². The van der Waals surface area contributed by atoms with E-state index >= 15 is 0 Å². The normalized spacial score (nSPS) is 25.8. The molecule has 0 aromatic rings. The first-order chi connectivity index (χ1) is 9.50. The molecule has 1 spiro atoms. The largest absolute Gasteiger partial charge is 0.323 e. The van der Waals surface area contributed by atoms with E-state index < -0.39 is 0 Å². The van der Waals surface area contributed by atoms with Crippen LogP contribution < -0.4 is 5.32 Å². The van der Waals surface area contributed by atoms with Crippen LogP contribution in [0.1, 0.15) is 79.1 Å². The molecule has 2 unspecified atom stereocenters. The van der Waals surface area contributed by atoms with Crippen molar-refractivity contribution in [2.75, 3.05) is 0 Å². The molecule has 1 heterocycles. The first-order valence-corrected chi connectivity index (χ1v) is 8.60. The Hall–Kier alpha value is -0.570. The molecule has 1 amide bonds. The van der Waals surface area contributed by atoms with Crippen LogP contribution in [0.5, 0.6) is 0 Å². The lowest BCUT2D eigenvalue weighted by Gasteiger charge is -2.31. The lowest BCUT2D eigenvalue weighted by molar-refractivity contribution is -0.133. The molecular weight excluding hydrogens is 248 g/mol. The van der Waals surface area contributed by atoms with Gasteiger partial charge in [-0.1, -0.05) is 46.5 Å². The minimum atomic E-state index is -0.156. The van der Waals surface area contributed by atoms with Crippen LogP contribution in [0, 0.1) is 5.92 Å². The number of carbonyl (C=O) groups excluding carboxylic acids is 1. The lowest BCUT2D eigenvalue weighted by Crippen LogP contribution is -2.44. The second kappa shape index (κ2) is 6.46. The second-order valence-corrected chi connectivity index (χ2v) is 7.28. The van der Waals surface area contributed by atoms with Gasteiger partial charge in [-0.15, -0.1) is 0 Å². The van der Waals surface area contributed by atoms with Gasteiger partial charge in [0.05, 0.1) is 11.7 Å². The van der Waals surface area contributed by atoms with Crippen LogP contribution in [0.4, 0.5) is 0 Å². The highest BCUT2D eigenvalue weighted by molar-refractivity contribution is 5.92. The van der Waals surface area contributed by atoms with Crippen LogP contribution in [0.15, 0.2) is 0 Å². The van der Waals surface area contributed by atoms with Gasteiger partial charge in [-0.25, -0.2) is 0 Å². The molecule has 1 saturated heterocycles. The predicted molar refractivity (Wildman–Crippen MR) is 83.4 cm³/mol. The molecule has 3 heteroatoms. The van der Waals surface area contributed by atoms with Crippen molar-refractivity contribution >= 4 is 5.91 Å². The minimum absolute atomic E-state index is 0.156. The number of rotatable bonds is 8. The third-order valence-electron chi connectivity index (χ3n) is 4.82. The van der Waals surface area contributed by atoms with Crippen molar-refractivity contribution in [3.8, 4) is 0 Å². The fourth-order valence-electron chi connectivity index (χ4n) is 3.45. The molecule has 3 nitrogen and oxygen atoms in total. The van der Waals surface area contributed by atoms with E-state index in [2.05, 4.69) is 37.9 Å². The molecule has 1 aliphatic carbocycles. The van der Waals surface area contributed by atoms with Gasteiger partial charge in [0, 0.05) is 6.04 Å². The summed E-state index contributed by atoms with van der Waals surface area (Å²) in [6, 6.07) is 0.385. The van der Waals surface area contributed by atoms with Crippen LogP contribution >= 0.6 is 0 Å². The smallest absolute Gasteiger partial charge is 0.244 e. The molecule has 0 radical (unpaired) electrons. The number of hydrogen-bond acceptors (Lipinski definition) is 2. The fourth-order valence-corrected chi connectivity index (χ4v) is 3.45. The molecule has 1 aliphatic heterocycles. The number of nitrogens with one attached hydrogen (secondary N) is 1. The van der Waals surface area contributed by atoms with Crippen molar-refractivity contribution < 1.29 is 4.79 Å². The Balaban J connectivity index is 1.92. The molecule has 1 N–H and O–H groups in total. The summed E-state index contributed by atoms with van der Waals surface area (Å²) in [6.45, 7) is 8.97. The standard InChI is InChI=1S/C17H32N2O/c1-5-6-7-8-9-14(4)19-15(12-13(2)3)18-17(10-11-17)16(19)20/h13-15,18H,5-12H2,1-4H3. The van der Waals surface area contributed by atoms with Crippen LogP contribution in [0.25, 0.3) is 0 Å². The second-order valence-electron chi connectivity index (χ2n) is 7.28. The number of unbranched alkanes of at least 4 members (excludes halogenated alkanes) is 3. The predicted octanol–water partition coefficient (Wildman–Crippen LogP) is 3.68. The van der Waals surface area contributed by atoms with Crippen LogP contribution in [0.3, 0.4) is 0 Å². The summed E-state index contributed by atoms with van der Waals surface area (Å²) in [6.07, 6.45) is 9.72. The maximum absolute atomic E-state index is 12.7. The van der Waals surface area contributed by atoms with Crippen LogP contribution in [-0.4, -0.2) is 28.6 Å². The van der Waals surface area contributed by atoms with Crippen molar-refractivity contribution in [2.45, 2.75) is 96.8 Å². The Bertz CT molecular complexity index is 336. The van der Waals surface area contributed by atoms with Gasteiger partial charge < -0.3 is 4.90 Å². The topological polar surface area (TPSA) is 32.3 Å². The van der Waals surface area contributed by atoms with Crippen LogP contribution in [0.2, 0.25) is 0 Å². The molecule has 0 aromatic heterocycles. The zero-order chi connectivity index (χ0) is 14.8. The molecule has 2 fully saturated rings. The maximum Gasteiger partial charge on any atom is 0.244 e. The highest BCUT2D eigenvalue weighted by Gasteiger charge is 2.59. The van der Waals surface area contributed by atoms with Crippen molar-refractivity contribution in [1.29, 1.82) is 0 Å². The van der Waals surface area contributed by atoms with Gasteiger partial charge >= 0.3 is 0 Å². The minimum Gasteiger partial charge on any atom is -0.323 e. The highest BCUT2D eigenvalue weighted by atomic mass is 16.2. The lowest BCUT2D eigenvalue weighted by atomic mass is 10.0. The Labute approximate surface area is 124 Å². The number of nitrogens with zero attached hydrogens (tertiary/aromatic N) is 1. The molecule has 0 bridgehead atoms. The molecule has 2 rings (SSSR count). The molecule has 20 heavy (non-hydrogen) atoms. The summed E-state index contributed by atoms with van der Waals surface area (Å²) in [5.41, 5.74) is -0.156. The molecular formula is C17H32N2O. The molecule has 1 saturated carbocycles. The van der Waals surface area contributed by atoms with E-state index in [1.165, 1.54) is 25.7 Å². The zero-order valence-corrected chi connectivity index (χ0v) is 13.7. The van der Waals surface area contributed by atoms with Crippen molar-refractivity contribution in [3.05, 3.63) is 0 Å². The molecule has 116 valence electrons. The number of amides is 1. The summed E-state index contributed by atoms with van der Waals surface area (Å²) >= 11 is 0. The summed E-state index contributed by atoms with van der Waals surface area (Å²) < 4.78 is 0. The van der Waals surface area contributed by atoms with Gasteiger partial charge in [-0.3, -0.25) is 10.1 Å². The van der Waals surface area contributed by atoms with E-state index in [0.29, 0.717) is 17.9 Å².